The second-order valence-corrected chi connectivity index (χ2v) is 10.5. The summed E-state index contributed by atoms with van der Waals surface area (Å²) in [7, 11) is 0. The lowest BCUT2D eigenvalue weighted by Gasteiger charge is -2.46. The van der Waals surface area contributed by atoms with Gasteiger partial charge in [0.05, 0.1) is 12.2 Å². The van der Waals surface area contributed by atoms with E-state index in [-0.39, 0.29) is 19.3 Å². The molecule has 0 bridgehead atoms. The second-order valence-electron chi connectivity index (χ2n) is 10.5. The van der Waals surface area contributed by atoms with Gasteiger partial charge in [0, 0.05) is 12.8 Å². The van der Waals surface area contributed by atoms with Gasteiger partial charge in [-0.2, -0.15) is 0 Å². The first-order chi connectivity index (χ1) is 16.2. The number of benzene rings is 2. The maximum atomic E-state index is 11.9. The monoisotopic (exact) mass is 488 g/mol. The Hall–Kier alpha value is -1.80. The van der Waals surface area contributed by atoms with Crippen LogP contribution in [0.15, 0.2) is 24.3 Å². The van der Waals surface area contributed by atoms with Crippen molar-refractivity contribution in [1.82, 2.24) is 0 Å². The van der Waals surface area contributed by atoms with Gasteiger partial charge in [-0.1, -0.05) is 37.6 Å². The lowest BCUT2D eigenvalue weighted by Crippen LogP contribution is -2.66. The van der Waals surface area contributed by atoms with Crippen LogP contribution in [0.1, 0.15) is 64.3 Å². The molecule has 2 aromatic carbocycles. The molecule has 0 heterocycles. The smallest absolute Gasteiger partial charge is 0.126 e. The van der Waals surface area contributed by atoms with Crippen LogP contribution in [0.3, 0.4) is 0 Å². The fourth-order valence-electron chi connectivity index (χ4n) is 5.07. The quantitative estimate of drug-likeness (QED) is 0.289. The van der Waals surface area contributed by atoms with Crippen molar-refractivity contribution in [1.29, 1.82) is 0 Å². The van der Waals surface area contributed by atoms with Gasteiger partial charge in [-0.3, -0.25) is 0 Å². The summed E-state index contributed by atoms with van der Waals surface area (Å²) in [6, 6.07) is 7.84. The average molecular weight is 489 g/mol. The number of hydrogen-bond donors (Lipinski definition) is 6. The van der Waals surface area contributed by atoms with Crippen LogP contribution in [0.25, 0.3) is 0 Å². The van der Waals surface area contributed by atoms with Crippen molar-refractivity contribution in [2.24, 2.45) is 0 Å². The van der Waals surface area contributed by atoms with Gasteiger partial charge in [-0.05, 0) is 92.5 Å². The molecule has 0 radical (unpaired) electrons. The molecule has 5 atom stereocenters. The third-order valence-corrected chi connectivity index (χ3v) is 7.60. The zero-order valence-electron chi connectivity index (χ0n) is 22.3. The summed E-state index contributed by atoms with van der Waals surface area (Å²) >= 11 is 0. The fourth-order valence-corrected chi connectivity index (χ4v) is 5.07. The molecule has 0 amide bonds. The molecular weight excluding hydrogens is 444 g/mol. The zero-order chi connectivity index (χ0) is 26.7. The van der Waals surface area contributed by atoms with Crippen LogP contribution in [0.4, 0.5) is 0 Å². The van der Waals surface area contributed by atoms with E-state index in [9.17, 15) is 30.6 Å². The van der Waals surface area contributed by atoms with E-state index in [2.05, 4.69) is 0 Å². The first kappa shape index (κ1) is 29.4. The highest BCUT2D eigenvalue weighted by Gasteiger charge is 2.54. The van der Waals surface area contributed by atoms with E-state index < -0.39 is 36.1 Å². The molecule has 196 valence electrons. The minimum atomic E-state index is -2.33. The van der Waals surface area contributed by atoms with Crippen LogP contribution >= 0.6 is 0 Å². The van der Waals surface area contributed by atoms with Gasteiger partial charge < -0.3 is 30.6 Å². The molecule has 0 spiro atoms. The van der Waals surface area contributed by atoms with Gasteiger partial charge in [0.2, 0.25) is 0 Å². The maximum absolute atomic E-state index is 11.9. The highest BCUT2D eigenvalue weighted by atomic mass is 16.4. The number of aliphatic hydroxyl groups excluding tert-OH is 4. The molecule has 1 unspecified atom stereocenters. The van der Waals surface area contributed by atoms with E-state index in [1.165, 1.54) is 0 Å². The maximum Gasteiger partial charge on any atom is 0.126 e. The minimum absolute atomic E-state index is 0.0606. The van der Waals surface area contributed by atoms with Crippen LogP contribution in [0, 0.1) is 41.5 Å². The summed E-state index contributed by atoms with van der Waals surface area (Å²) in [4.78, 5) is 0. The Morgan fingerprint density at radius 3 is 1.54 bits per heavy atom. The van der Waals surface area contributed by atoms with Crippen LogP contribution in [-0.4, -0.2) is 66.8 Å². The Balaban J connectivity index is 2.61. The molecule has 2 aromatic rings. The van der Waals surface area contributed by atoms with Crippen LogP contribution in [0.2, 0.25) is 0 Å². The van der Waals surface area contributed by atoms with Crippen molar-refractivity contribution < 1.29 is 30.6 Å². The number of rotatable bonds is 11. The predicted molar refractivity (Wildman–Crippen MR) is 139 cm³/mol. The molecule has 6 nitrogen and oxygen atoms in total. The average Bonchev–Trinajstić information content (AvgIpc) is 2.79. The van der Waals surface area contributed by atoms with E-state index in [4.69, 9.17) is 0 Å². The molecule has 35 heavy (non-hydrogen) atoms. The standard InChI is InChI=1S/C29H44O6/c1-8-9-28(34,14-23-12-19(4)17(2)10-21(23)6)27(33)29(35,26(32)25(31)16-30)15-24-13-20(5)18(3)11-22(24)7/h10-13,25-27,30-35H,8-9,14-16H2,1-7H3/t25-,26+,27+,28?,29+/m0/s1. The van der Waals surface area contributed by atoms with Crippen LogP contribution in [0.5, 0.6) is 0 Å². The minimum Gasteiger partial charge on any atom is -0.394 e. The molecule has 0 saturated heterocycles. The highest BCUT2D eigenvalue weighted by Crippen LogP contribution is 2.36. The Morgan fingerprint density at radius 1 is 0.686 bits per heavy atom. The van der Waals surface area contributed by atoms with Crippen molar-refractivity contribution in [3.05, 3.63) is 68.8 Å². The molecule has 0 saturated carbocycles. The largest absolute Gasteiger partial charge is 0.394 e. The molecule has 0 aliphatic rings. The Morgan fingerprint density at radius 2 is 1.11 bits per heavy atom. The highest BCUT2D eigenvalue weighted by molar-refractivity contribution is 5.39. The van der Waals surface area contributed by atoms with E-state index in [1.54, 1.807) is 0 Å². The first-order valence-corrected chi connectivity index (χ1v) is 12.4. The van der Waals surface area contributed by atoms with Crippen molar-refractivity contribution in [3.8, 4) is 0 Å². The van der Waals surface area contributed by atoms with Crippen LogP contribution in [-0.2, 0) is 12.8 Å². The normalized spacial score (nSPS) is 18.0. The number of hydrogen-bond acceptors (Lipinski definition) is 6. The summed E-state index contributed by atoms with van der Waals surface area (Å²) < 4.78 is 0. The summed E-state index contributed by atoms with van der Waals surface area (Å²) in [5, 5.41) is 66.1. The molecular formula is C29H44O6. The lowest BCUT2D eigenvalue weighted by atomic mass is 9.70. The molecule has 0 fully saturated rings. The SMILES string of the molecule is CCCC(O)(Cc1cc(C)c(C)cc1C)[C@@H](O)[C@@](O)(Cc1cc(C)c(C)cc1C)[C@H](O)[C@@H](O)CO. The van der Waals surface area contributed by atoms with Gasteiger partial charge in [-0.15, -0.1) is 0 Å². The Bertz CT molecular complexity index is 1020. The Labute approximate surface area is 209 Å². The summed E-state index contributed by atoms with van der Waals surface area (Å²) in [6.45, 7) is 12.8. The van der Waals surface area contributed by atoms with Gasteiger partial charge in [0.25, 0.3) is 0 Å². The molecule has 6 heteroatoms. The predicted octanol–water partition coefficient (Wildman–Crippen LogP) is 2.66. The summed E-state index contributed by atoms with van der Waals surface area (Å²) in [5.74, 6) is 0. The summed E-state index contributed by atoms with van der Waals surface area (Å²) in [5.41, 5.74) is 3.43. The molecule has 0 aliphatic heterocycles. The lowest BCUT2D eigenvalue weighted by molar-refractivity contribution is -0.230. The number of aryl methyl sites for hydroxylation is 6. The van der Waals surface area contributed by atoms with Gasteiger partial charge in [0.15, 0.2) is 0 Å². The molecule has 0 aromatic heterocycles. The number of aliphatic hydroxyl groups is 6. The first-order valence-electron chi connectivity index (χ1n) is 12.4. The van der Waals surface area contributed by atoms with Crippen LogP contribution < -0.4 is 0 Å². The summed E-state index contributed by atoms with van der Waals surface area (Å²) in [6.07, 6.45) is -4.87. The van der Waals surface area contributed by atoms with E-state index in [1.807, 2.05) is 72.7 Å². The van der Waals surface area contributed by atoms with E-state index >= 15 is 0 Å². The second kappa shape index (κ2) is 11.5. The van der Waals surface area contributed by atoms with Gasteiger partial charge in [-0.25, -0.2) is 0 Å². The van der Waals surface area contributed by atoms with E-state index in [0.717, 1.165) is 38.9 Å². The zero-order valence-corrected chi connectivity index (χ0v) is 22.3. The van der Waals surface area contributed by atoms with Crippen molar-refractivity contribution in [2.45, 2.75) is 104 Å². The topological polar surface area (TPSA) is 121 Å². The van der Waals surface area contributed by atoms with Crippen molar-refractivity contribution >= 4 is 0 Å². The fraction of sp³-hybridized carbons (Fsp3) is 0.586. The van der Waals surface area contributed by atoms with Crippen molar-refractivity contribution in [2.75, 3.05) is 6.61 Å². The van der Waals surface area contributed by atoms with Gasteiger partial charge >= 0.3 is 0 Å². The molecule has 0 aliphatic carbocycles. The Kier molecular flexibility index (Phi) is 9.67. The third kappa shape index (κ3) is 6.31. The molecule has 6 N–H and O–H groups in total. The van der Waals surface area contributed by atoms with E-state index in [0.29, 0.717) is 12.0 Å². The molecule has 2 rings (SSSR count). The van der Waals surface area contributed by atoms with Crippen molar-refractivity contribution in [3.63, 3.8) is 0 Å². The third-order valence-electron chi connectivity index (χ3n) is 7.60. The van der Waals surface area contributed by atoms with Gasteiger partial charge in [0.1, 0.15) is 23.9 Å².